The fraction of sp³-hybridized carbons (Fsp3) is 0.444. The van der Waals surface area contributed by atoms with Crippen molar-refractivity contribution < 1.29 is 41.4 Å². The molecule has 4 aliphatic rings. The van der Waals surface area contributed by atoms with E-state index >= 15 is 0 Å². The summed E-state index contributed by atoms with van der Waals surface area (Å²) < 4.78 is 58.9. The number of methoxy groups -OCH3 is 2. The van der Waals surface area contributed by atoms with Crippen LogP contribution in [0.5, 0.6) is 17.2 Å². The van der Waals surface area contributed by atoms with Gasteiger partial charge in [-0.05, 0) is 61.6 Å². The number of nitrogens with one attached hydrogen (secondary N) is 4. The number of sulfonamides is 1. The molecule has 21 heteroatoms. The van der Waals surface area contributed by atoms with Gasteiger partial charge in [-0.2, -0.15) is 4.98 Å². The Bertz CT molecular complexity index is 2610. The van der Waals surface area contributed by atoms with Crippen molar-refractivity contribution in [2.24, 2.45) is 0 Å². The quantitative estimate of drug-likeness (QED) is 0.108. The zero-order valence-electron chi connectivity index (χ0n) is 37.3. The summed E-state index contributed by atoms with van der Waals surface area (Å²) >= 11 is 6.51. The van der Waals surface area contributed by atoms with Crippen LogP contribution in [0.2, 0.25) is 5.02 Å². The van der Waals surface area contributed by atoms with Crippen LogP contribution in [-0.2, 0) is 32.6 Å². The van der Waals surface area contributed by atoms with Gasteiger partial charge in [0, 0.05) is 81.7 Å². The van der Waals surface area contributed by atoms with E-state index in [0.29, 0.717) is 53.4 Å². The average molecular weight is 950 g/mol. The Morgan fingerprint density at radius 3 is 2.38 bits per heavy atom. The molecule has 3 saturated heterocycles. The fourth-order valence-corrected chi connectivity index (χ4v) is 9.82. The molecule has 18 nitrogen and oxygen atoms in total. The van der Waals surface area contributed by atoms with Gasteiger partial charge < -0.3 is 34.6 Å². The molecule has 66 heavy (non-hydrogen) atoms. The predicted octanol–water partition coefficient (Wildman–Crippen LogP) is 5.13. The Morgan fingerprint density at radius 2 is 1.68 bits per heavy atom. The zero-order chi connectivity index (χ0) is 46.7. The van der Waals surface area contributed by atoms with Crippen molar-refractivity contribution in [3.8, 4) is 17.2 Å². The maximum absolute atomic E-state index is 14.9. The fourth-order valence-electron chi connectivity index (χ4n) is 9.11. The number of carbonyl (C=O) groups excluding carboxylic acids is 3. The minimum absolute atomic E-state index is 0.0473. The first-order valence-electron chi connectivity index (χ1n) is 21.9. The smallest absolute Gasteiger partial charge is 0.258 e. The minimum atomic E-state index is -3.60. The van der Waals surface area contributed by atoms with Gasteiger partial charge >= 0.3 is 0 Å². The average Bonchev–Trinajstić information content (AvgIpc) is 3.65. The number of fused-ring (bicyclic) bond motifs is 1. The van der Waals surface area contributed by atoms with Crippen LogP contribution >= 0.6 is 11.6 Å². The highest BCUT2D eigenvalue weighted by atomic mass is 35.5. The maximum atomic E-state index is 14.9. The largest absolute Gasteiger partial charge is 0.497 e. The number of hydrogen-bond donors (Lipinski definition) is 4. The number of halogens is 2. The molecule has 3 amide bonds. The topological polar surface area (TPSA) is 200 Å². The van der Waals surface area contributed by atoms with Crippen molar-refractivity contribution >= 4 is 73.9 Å². The number of piperazine rings is 1. The Morgan fingerprint density at radius 1 is 0.909 bits per heavy atom. The molecular formula is C45H54ClFN10O8S. The molecule has 0 aliphatic carbocycles. The van der Waals surface area contributed by atoms with E-state index in [9.17, 15) is 27.2 Å². The Kier molecular flexibility index (Phi) is 14.0. The minimum Gasteiger partial charge on any atom is -0.497 e. The highest BCUT2D eigenvalue weighted by Crippen LogP contribution is 2.39. The van der Waals surface area contributed by atoms with Crippen molar-refractivity contribution in [1.29, 1.82) is 0 Å². The van der Waals surface area contributed by atoms with E-state index in [0.717, 1.165) is 76.0 Å². The number of benzene rings is 3. The molecule has 4 aliphatic heterocycles. The molecule has 1 atom stereocenters. The van der Waals surface area contributed by atoms with Gasteiger partial charge in [0.25, 0.3) is 5.91 Å². The van der Waals surface area contributed by atoms with Crippen LogP contribution in [0.25, 0.3) is 0 Å². The zero-order valence-corrected chi connectivity index (χ0v) is 38.9. The molecule has 4 aromatic rings. The summed E-state index contributed by atoms with van der Waals surface area (Å²) in [5.74, 6) is -0.106. The standard InChI is InChI=1S/C45H54ClFN10O8S/c1-5-27-22-35(50-45-48-25-31(46)42(52-45)49-33-8-6-29(63-2)23-34(33)53-66(4,61)62)39(64-3)24-37(27)56-14-12-28(13-15-56)55-18-16-54(17-19-55)20-21-65-38-10-7-32(47)41-30(38)26-57(44(41)60)36-9-11-40(58)51-43(36)59/h6-8,10,22-25,28,36,53H,5,9,11-21,26H2,1-4H3,(H,51,58,59)(H2,48,49,50,52). The van der Waals surface area contributed by atoms with Gasteiger partial charge in [0.1, 0.15) is 40.7 Å². The first-order valence-corrected chi connectivity index (χ1v) is 24.2. The lowest BCUT2D eigenvalue weighted by atomic mass is 9.99. The second-order valence-electron chi connectivity index (χ2n) is 16.7. The van der Waals surface area contributed by atoms with Crippen molar-refractivity contribution in [2.45, 2.75) is 57.7 Å². The summed E-state index contributed by atoms with van der Waals surface area (Å²) in [7, 11) is -0.488. The number of anilines is 6. The molecule has 3 fully saturated rings. The van der Waals surface area contributed by atoms with Gasteiger partial charge in [0.15, 0.2) is 5.82 Å². The van der Waals surface area contributed by atoms with Crippen molar-refractivity contribution in [2.75, 3.05) is 93.2 Å². The lowest BCUT2D eigenvalue weighted by Crippen LogP contribution is -2.53. The number of rotatable bonds is 16. The lowest BCUT2D eigenvalue weighted by Gasteiger charge is -2.43. The van der Waals surface area contributed by atoms with Crippen LogP contribution in [0.3, 0.4) is 0 Å². The highest BCUT2D eigenvalue weighted by molar-refractivity contribution is 7.92. The Labute approximate surface area is 388 Å². The second kappa shape index (κ2) is 19.9. The van der Waals surface area contributed by atoms with Gasteiger partial charge in [0.2, 0.25) is 27.8 Å². The molecule has 8 rings (SSSR count). The van der Waals surface area contributed by atoms with Crippen LogP contribution in [0.4, 0.5) is 38.9 Å². The molecule has 0 radical (unpaired) electrons. The summed E-state index contributed by atoms with van der Waals surface area (Å²) in [4.78, 5) is 55.1. The molecule has 3 aromatic carbocycles. The summed E-state index contributed by atoms with van der Waals surface area (Å²) in [6, 6.07) is 11.4. The molecular weight excluding hydrogens is 895 g/mol. The van der Waals surface area contributed by atoms with Gasteiger partial charge in [0.05, 0.1) is 55.8 Å². The highest BCUT2D eigenvalue weighted by Gasteiger charge is 2.42. The third-order valence-electron chi connectivity index (χ3n) is 12.5. The monoisotopic (exact) mass is 948 g/mol. The number of piperidine rings is 2. The van der Waals surface area contributed by atoms with Crippen molar-refractivity contribution in [1.82, 2.24) is 30.0 Å². The number of amides is 3. The molecule has 352 valence electrons. The van der Waals surface area contributed by atoms with Gasteiger partial charge in [-0.25, -0.2) is 17.8 Å². The Balaban J connectivity index is 0.838. The van der Waals surface area contributed by atoms with Crippen LogP contribution in [0.1, 0.15) is 54.1 Å². The number of nitrogens with zero attached hydrogens (tertiary/aromatic N) is 6. The number of ether oxygens (including phenoxy) is 3. The molecule has 1 unspecified atom stereocenters. The van der Waals surface area contributed by atoms with E-state index in [1.807, 2.05) is 0 Å². The van der Waals surface area contributed by atoms with Crippen LogP contribution in [0, 0.1) is 5.82 Å². The van der Waals surface area contributed by atoms with E-state index in [2.05, 4.69) is 64.4 Å². The lowest BCUT2D eigenvalue weighted by molar-refractivity contribution is -0.136. The number of hydrogen-bond acceptors (Lipinski definition) is 15. The molecule has 5 heterocycles. The first-order chi connectivity index (χ1) is 31.7. The van der Waals surface area contributed by atoms with Crippen LogP contribution < -0.4 is 39.8 Å². The Hall–Kier alpha value is -5.96. The predicted molar refractivity (Wildman–Crippen MR) is 249 cm³/mol. The molecule has 1 aromatic heterocycles. The number of imide groups is 1. The van der Waals surface area contributed by atoms with E-state index in [-0.39, 0.29) is 53.3 Å². The van der Waals surface area contributed by atoms with E-state index in [4.69, 9.17) is 25.8 Å². The van der Waals surface area contributed by atoms with Crippen molar-refractivity contribution in [3.63, 3.8) is 0 Å². The van der Waals surface area contributed by atoms with Gasteiger partial charge in [-0.15, -0.1) is 0 Å². The number of aromatic nitrogens is 2. The SMILES string of the molecule is CCc1cc(Nc2ncc(Cl)c(Nc3ccc(OC)cc3NS(C)(=O)=O)n2)c(OC)cc1N1CCC(N2CCN(CCOc3ccc(F)c4c3CN(C3CCC(=O)NC3=O)C4=O)CC2)CC1. The van der Waals surface area contributed by atoms with Crippen molar-refractivity contribution in [3.05, 3.63) is 76.2 Å². The van der Waals surface area contributed by atoms with Gasteiger partial charge in [-0.1, -0.05) is 18.5 Å². The summed E-state index contributed by atoms with van der Waals surface area (Å²) in [6.07, 6.45) is 5.66. The third kappa shape index (κ3) is 10.4. The van der Waals surface area contributed by atoms with Gasteiger partial charge in [-0.3, -0.25) is 34.2 Å². The molecule has 0 bridgehead atoms. The normalized spacial score (nSPS) is 18.5. The number of carbonyl (C=O) groups is 3. The molecule has 4 N–H and O–H groups in total. The first kappa shape index (κ1) is 46.6. The van der Waals surface area contributed by atoms with Crippen LogP contribution in [0.15, 0.2) is 48.7 Å². The third-order valence-corrected chi connectivity index (χ3v) is 13.4. The van der Waals surface area contributed by atoms with E-state index in [1.165, 1.54) is 24.3 Å². The molecule has 0 saturated carbocycles. The summed E-state index contributed by atoms with van der Waals surface area (Å²) in [5.41, 5.74) is 3.97. The maximum Gasteiger partial charge on any atom is 0.258 e. The van der Waals surface area contributed by atoms with E-state index in [1.54, 1.807) is 31.4 Å². The van der Waals surface area contributed by atoms with Crippen LogP contribution in [-0.4, -0.2) is 136 Å². The summed E-state index contributed by atoms with van der Waals surface area (Å²) in [6.45, 7) is 8.63. The summed E-state index contributed by atoms with van der Waals surface area (Å²) in [5, 5.41) is 8.92. The van der Waals surface area contributed by atoms with E-state index < -0.39 is 33.7 Å². The number of aryl methyl sites for hydroxylation is 1. The molecule has 0 spiro atoms. The second-order valence-corrected chi connectivity index (χ2v) is 18.9.